The number of hydrogen-bond acceptors (Lipinski definition) is 3. The van der Waals surface area contributed by atoms with E-state index >= 15 is 0 Å². The number of benzene rings is 1. The predicted octanol–water partition coefficient (Wildman–Crippen LogP) is 2.38. The number of rotatable bonds is 3. The van der Waals surface area contributed by atoms with Crippen LogP contribution in [-0.2, 0) is 0 Å². The molecule has 2 rings (SSSR count). The van der Waals surface area contributed by atoms with Crippen LogP contribution in [0.2, 0.25) is 0 Å². The number of ketones is 1. The van der Waals surface area contributed by atoms with Crippen molar-refractivity contribution in [2.45, 2.75) is 0 Å². The normalized spacial score (nSPS) is 15.9. The van der Waals surface area contributed by atoms with Crippen LogP contribution in [0.25, 0.3) is 0 Å². The van der Waals surface area contributed by atoms with Crippen LogP contribution in [-0.4, -0.2) is 24.4 Å². The highest BCUT2D eigenvalue weighted by molar-refractivity contribution is 8.00. The highest BCUT2D eigenvalue weighted by Gasteiger charge is 2.27. The number of methoxy groups -OCH3 is 1. The quantitative estimate of drug-likeness (QED) is 0.740. The summed E-state index contributed by atoms with van der Waals surface area (Å²) in [5.41, 5.74) is 0.414. The Balaban J connectivity index is 2.26. The van der Waals surface area contributed by atoms with Gasteiger partial charge >= 0.3 is 0 Å². The Morgan fingerprint density at radius 1 is 1.47 bits per heavy atom. The maximum Gasteiger partial charge on any atom is 0.167 e. The largest absolute Gasteiger partial charge is 0.497 e. The first-order valence-corrected chi connectivity index (χ1v) is 5.82. The van der Waals surface area contributed by atoms with Crippen LogP contribution < -0.4 is 4.74 Å². The minimum atomic E-state index is -0.426. The molecular formula is C11H11FO2S. The second kappa shape index (κ2) is 4.23. The number of Topliss-reactive ketones (excluding diaryl/α,β-unsaturated/α-hetero) is 1. The second-order valence-electron chi connectivity index (χ2n) is 3.48. The highest BCUT2D eigenvalue weighted by atomic mass is 32.2. The van der Waals surface area contributed by atoms with Crippen molar-refractivity contribution >= 4 is 17.5 Å². The van der Waals surface area contributed by atoms with Gasteiger partial charge in [0, 0.05) is 29.1 Å². The van der Waals surface area contributed by atoms with Crippen molar-refractivity contribution in [2.24, 2.45) is 5.92 Å². The van der Waals surface area contributed by atoms with Crippen LogP contribution in [0.5, 0.6) is 5.75 Å². The van der Waals surface area contributed by atoms with Gasteiger partial charge in [-0.3, -0.25) is 4.79 Å². The van der Waals surface area contributed by atoms with Crippen molar-refractivity contribution in [3.05, 3.63) is 29.6 Å². The molecule has 1 aliphatic heterocycles. The SMILES string of the molecule is COc1cc(F)cc(C(=O)C2CSC2)c1. The maximum atomic E-state index is 13.1. The van der Waals surface area contributed by atoms with Crippen LogP contribution in [0.15, 0.2) is 18.2 Å². The summed E-state index contributed by atoms with van der Waals surface area (Å²) in [6.45, 7) is 0. The van der Waals surface area contributed by atoms with E-state index in [4.69, 9.17) is 4.74 Å². The molecule has 15 heavy (non-hydrogen) atoms. The lowest BCUT2D eigenvalue weighted by Gasteiger charge is -2.23. The molecule has 80 valence electrons. The van der Waals surface area contributed by atoms with E-state index < -0.39 is 5.82 Å². The molecule has 1 heterocycles. The zero-order valence-corrected chi connectivity index (χ0v) is 9.14. The molecule has 0 atom stereocenters. The Morgan fingerprint density at radius 2 is 2.20 bits per heavy atom. The molecule has 1 aromatic rings. The highest BCUT2D eigenvalue weighted by Crippen LogP contribution is 2.29. The van der Waals surface area contributed by atoms with Crippen molar-refractivity contribution < 1.29 is 13.9 Å². The smallest absolute Gasteiger partial charge is 0.167 e. The molecule has 0 aromatic heterocycles. The number of thioether (sulfide) groups is 1. The summed E-state index contributed by atoms with van der Waals surface area (Å²) >= 11 is 1.74. The van der Waals surface area contributed by atoms with Gasteiger partial charge in [0.05, 0.1) is 7.11 Å². The van der Waals surface area contributed by atoms with Crippen LogP contribution in [0.4, 0.5) is 4.39 Å². The third kappa shape index (κ3) is 2.15. The van der Waals surface area contributed by atoms with Gasteiger partial charge in [0.15, 0.2) is 5.78 Å². The summed E-state index contributed by atoms with van der Waals surface area (Å²) in [5.74, 6) is 1.73. The first-order valence-electron chi connectivity index (χ1n) is 4.67. The van der Waals surface area contributed by atoms with Gasteiger partial charge in [-0.25, -0.2) is 4.39 Å². The third-order valence-electron chi connectivity index (χ3n) is 2.40. The lowest BCUT2D eigenvalue weighted by molar-refractivity contribution is 0.0938. The number of carbonyl (C=O) groups excluding carboxylic acids is 1. The van der Waals surface area contributed by atoms with Gasteiger partial charge in [-0.15, -0.1) is 0 Å². The zero-order chi connectivity index (χ0) is 10.8. The minimum absolute atomic E-state index is 0.0200. The molecule has 1 aromatic carbocycles. The summed E-state index contributed by atoms with van der Waals surface area (Å²) < 4.78 is 18.0. The molecule has 0 radical (unpaired) electrons. The first kappa shape index (κ1) is 10.5. The third-order valence-corrected chi connectivity index (χ3v) is 3.68. The van der Waals surface area contributed by atoms with Gasteiger partial charge in [-0.05, 0) is 12.1 Å². The summed E-state index contributed by atoms with van der Waals surface area (Å²) in [7, 11) is 1.46. The topological polar surface area (TPSA) is 26.3 Å². The Morgan fingerprint density at radius 3 is 2.73 bits per heavy atom. The zero-order valence-electron chi connectivity index (χ0n) is 8.33. The Kier molecular flexibility index (Phi) is 2.95. The molecule has 0 spiro atoms. The number of halogens is 1. The van der Waals surface area contributed by atoms with Gasteiger partial charge in [-0.2, -0.15) is 11.8 Å². The lowest BCUT2D eigenvalue weighted by atomic mass is 10.00. The molecule has 0 N–H and O–H groups in total. The number of ether oxygens (including phenoxy) is 1. The molecule has 1 saturated heterocycles. The van der Waals surface area contributed by atoms with E-state index in [1.165, 1.54) is 19.2 Å². The molecule has 2 nitrogen and oxygen atoms in total. The fourth-order valence-corrected chi connectivity index (χ4v) is 2.22. The average Bonchev–Trinajstić information content (AvgIpc) is 2.14. The van der Waals surface area contributed by atoms with Crippen molar-refractivity contribution in [1.29, 1.82) is 0 Å². The standard InChI is InChI=1S/C11H11FO2S/c1-14-10-3-7(2-9(12)4-10)11(13)8-5-15-6-8/h2-4,8H,5-6H2,1H3. The van der Waals surface area contributed by atoms with Crippen LogP contribution in [0.1, 0.15) is 10.4 Å². The van der Waals surface area contributed by atoms with Gasteiger partial charge in [0.25, 0.3) is 0 Å². The van der Waals surface area contributed by atoms with Crippen LogP contribution in [0, 0.1) is 11.7 Å². The van der Waals surface area contributed by atoms with Crippen molar-refractivity contribution in [2.75, 3.05) is 18.6 Å². The van der Waals surface area contributed by atoms with E-state index in [2.05, 4.69) is 0 Å². The van der Waals surface area contributed by atoms with E-state index in [0.29, 0.717) is 11.3 Å². The number of carbonyl (C=O) groups is 1. The van der Waals surface area contributed by atoms with E-state index in [9.17, 15) is 9.18 Å². The van der Waals surface area contributed by atoms with Crippen molar-refractivity contribution in [3.63, 3.8) is 0 Å². The molecule has 0 aliphatic carbocycles. The van der Waals surface area contributed by atoms with Gasteiger partial charge < -0.3 is 4.74 Å². The Bertz CT molecular complexity index is 388. The van der Waals surface area contributed by atoms with Gasteiger partial charge in [0.1, 0.15) is 11.6 Å². The molecule has 0 bridgehead atoms. The Hall–Kier alpha value is -1.03. The molecule has 0 amide bonds. The Labute approximate surface area is 91.8 Å². The molecule has 0 saturated carbocycles. The minimum Gasteiger partial charge on any atom is -0.497 e. The van der Waals surface area contributed by atoms with E-state index in [1.54, 1.807) is 17.8 Å². The number of hydrogen-bond donors (Lipinski definition) is 0. The van der Waals surface area contributed by atoms with Crippen LogP contribution in [0.3, 0.4) is 0 Å². The fourth-order valence-electron chi connectivity index (χ4n) is 1.45. The van der Waals surface area contributed by atoms with E-state index in [-0.39, 0.29) is 11.7 Å². The first-order chi connectivity index (χ1) is 7.20. The molecular weight excluding hydrogens is 215 g/mol. The van der Waals surface area contributed by atoms with Gasteiger partial charge in [-0.1, -0.05) is 0 Å². The summed E-state index contributed by atoms with van der Waals surface area (Å²) in [4.78, 5) is 11.8. The summed E-state index contributed by atoms with van der Waals surface area (Å²) in [5, 5.41) is 0. The molecule has 1 fully saturated rings. The summed E-state index contributed by atoms with van der Waals surface area (Å²) in [6, 6.07) is 4.13. The van der Waals surface area contributed by atoms with Gasteiger partial charge in [0.2, 0.25) is 0 Å². The monoisotopic (exact) mass is 226 g/mol. The van der Waals surface area contributed by atoms with E-state index in [1.807, 2.05) is 0 Å². The molecule has 1 aliphatic rings. The maximum absolute atomic E-state index is 13.1. The predicted molar refractivity (Wildman–Crippen MR) is 58.1 cm³/mol. The van der Waals surface area contributed by atoms with E-state index in [0.717, 1.165) is 11.5 Å². The van der Waals surface area contributed by atoms with Crippen molar-refractivity contribution in [3.8, 4) is 5.75 Å². The van der Waals surface area contributed by atoms with Crippen molar-refractivity contribution in [1.82, 2.24) is 0 Å². The van der Waals surface area contributed by atoms with Crippen LogP contribution >= 0.6 is 11.8 Å². The fraction of sp³-hybridized carbons (Fsp3) is 0.364. The average molecular weight is 226 g/mol. The molecule has 0 unspecified atom stereocenters. The lowest BCUT2D eigenvalue weighted by Crippen LogP contribution is -2.27. The summed E-state index contributed by atoms with van der Waals surface area (Å²) in [6.07, 6.45) is 0. The second-order valence-corrected chi connectivity index (χ2v) is 4.55. The molecule has 4 heteroatoms.